The summed E-state index contributed by atoms with van der Waals surface area (Å²) in [5, 5.41) is 0. The van der Waals surface area contributed by atoms with Crippen LogP contribution in [0.25, 0.3) is 0 Å². The summed E-state index contributed by atoms with van der Waals surface area (Å²) in [4.78, 5) is 11.6. The van der Waals surface area contributed by atoms with E-state index in [-0.39, 0.29) is 5.92 Å². The summed E-state index contributed by atoms with van der Waals surface area (Å²) in [5.41, 5.74) is 1.31. The standard InChI is InChI=1S/C14H22O/c1-4-5-6-12-8-10-14(15)13(12)9-7-11(2)3/h7-8,10,12-13H,4-6,9H2,1-3H3/t12-,13-/m1/s1. The maximum absolute atomic E-state index is 11.6. The van der Waals surface area contributed by atoms with Crippen LogP contribution in [0.4, 0.5) is 0 Å². The Balaban J connectivity index is 2.52. The first-order valence-electron chi connectivity index (χ1n) is 6.00. The van der Waals surface area contributed by atoms with Crippen molar-refractivity contribution in [1.82, 2.24) is 0 Å². The van der Waals surface area contributed by atoms with Crippen LogP contribution in [0, 0.1) is 11.8 Å². The largest absolute Gasteiger partial charge is 0.295 e. The summed E-state index contributed by atoms with van der Waals surface area (Å²) in [6.45, 7) is 6.38. The van der Waals surface area contributed by atoms with Crippen LogP contribution in [-0.4, -0.2) is 5.78 Å². The third kappa shape index (κ3) is 3.65. The monoisotopic (exact) mass is 206 g/mol. The molecule has 0 heterocycles. The van der Waals surface area contributed by atoms with E-state index in [1.54, 1.807) is 6.08 Å². The molecule has 1 rings (SSSR count). The van der Waals surface area contributed by atoms with E-state index in [0.29, 0.717) is 11.7 Å². The van der Waals surface area contributed by atoms with Crippen LogP contribution in [0.1, 0.15) is 46.5 Å². The van der Waals surface area contributed by atoms with Gasteiger partial charge in [0.2, 0.25) is 0 Å². The van der Waals surface area contributed by atoms with Crippen molar-refractivity contribution < 1.29 is 4.79 Å². The summed E-state index contributed by atoms with van der Waals surface area (Å²) in [6.07, 6.45) is 10.6. The first-order valence-corrected chi connectivity index (χ1v) is 6.00. The molecule has 0 N–H and O–H groups in total. The molecule has 1 nitrogen and oxygen atoms in total. The Labute approximate surface area is 93.3 Å². The Morgan fingerprint density at radius 3 is 2.80 bits per heavy atom. The van der Waals surface area contributed by atoms with E-state index in [4.69, 9.17) is 0 Å². The lowest BCUT2D eigenvalue weighted by molar-refractivity contribution is -0.118. The molecular weight excluding hydrogens is 184 g/mol. The second-order valence-corrected chi connectivity index (χ2v) is 4.69. The lowest BCUT2D eigenvalue weighted by atomic mass is 9.87. The number of carbonyl (C=O) groups excluding carboxylic acids is 1. The second kappa shape index (κ2) is 5.89. The number of hydrogen-bond acceptors (Lipinski definition) is 1. The average Bonchev–Trinajstić information content (AvgIpc) is 2.53. The molecule has 0 radical (unpaired) electrons. The Morgan fingerprint density at radius 2 is 2.20 bits per heavy atom. The van der Waals surface area contributed by atoms with Crippen molar-refractivity contribution in [3.05, 3.63) is 23.8 Å². The van der Waals surface area contributed by atoms with Gasteiger partial charge in [0, 0.05) is 5.92 Å². The zero-order valence-electron chi connectivity index (χ0n) is 10.1. The Bertz CT molecular complexity index is 269. The predicted octanol–water partition coefficient (Wildman–Crippen LogP) is 3.90. The van der Waals surface area contributed by atoms with Gasteiger partial charge in [-0.2, -0.15) is 0 Å². The summed E-state index contributed by atoms with van der Waals surface area (Å²) >= 11 is 0. The maximum atomic E-state index is 11.6. The molecule has 0 saturated heterocycles. The van der Waals surface area contributed by atoms with Gasteiger partial charge in [0.15, 0.2) is 5.78 Å². The number of hydrogen-bond donors (Lipinski definition) is 0. The minimum absolute atomic E-state index is 0.228. The van der Waals surface area contributed by atoms with Gasteiger partial charge in [-0.1, -0.05) is 37.5 Å². The molecule has 1 heteroatoms. The fourth-order valence-electron chi connectivity index (χ4n) is 2.08. The van der Waals surface area contributed by atoms with E-state index in [9.17, 15) is 4.79 Å². The summed E-state index contributed by atoms with van der Waals surface area (Å²) in [7, 11) is 0. The zero-order valence-corrected chi connectivity index (χ0v) is 10.1. The van der Waals surface area contributed by atoms with Gasteiger partial charge in [0.25, 0.3) is 0 Å². The molecule has 0 amide bonds. The molecule has 0 aromatic rings. The highest BCUT2D eigenvalue weighted by Gasteiger charge is 2.28. The summed E-state index contributed by atoms with van der Waals surface area (Å²) in [6, 6.07) is 0. The molecule has 0 bridgehead atoms. The van der Waals surface area contributed by atoms with Crippen molar-refractivity contribution >= 4 is 5.78 Å². The molecule has 0 aromatic carbocycles. The van der Waals surface area contributed by atoms with E-state index >= 15 is 0 Å². The minimum atomic E-state index is 0.228. The Kier molecular flexibility index (Phi) is 4.80. The highest BCUT2D eigenvalue weighted by molar-refractivity contribution is 5.94. The molecule has 1 aliphatic carbocycles. The quantitative estimate of drug-likeness (QED) is 0.623. The van der Waals surface area contributed by atoms with Crippen molar-refractivity contribution in [1.29, 1.82) is 0 Å². The van der Waals surface area contributed by atoms with Crippen LogP contribution < -0.4 is 0 Å². The summed E-state index contributed by atoms with van der Waals surface area (Å²) in [5.74, 6) is 1.05. The van der Waals surface area contributed by atoms with E-state index in [1.165, 1.54) is 24.8 Å². The van der Waals surface area contributed by atoms with Gasteiger partial charge >= 0.3 is 0 Å². The Hall–Kier alpha value is -0.850. The lowest BCUT2D eigenvalue weighted by Crippen LogP contribution is -2.15. The molecule has 84 valence electrons. The van der Waals surface area contributed by atoms with E-state index in [1.807, 2.05) is 0 Å². The second-order valence-electron chi connectivity index (χ2n) is 4.69. The molecule has 0 fully saturated rings. The average molecular weight is 206 g/mol. The van der Waals surface area contributed by atoms with Crippen LogP contribution in [0.3, 0.4) is 0 Å². The SMILES string of the molecule is CCCC[C@@H]1C=CC(=O)[C@@H]1CC=C(C)C. The first-order chi connectivity index (χ1) is 7.15. The normalized spacial score (nSPS) is 24.6. The number of rotatable bonds is 5. The predicted molar refractivity (Wildman–Crippen MR) is 64.7 cm³/mol. The van der Waals surface area contributed by atoms with Crippen molar-refractivity contribution in [2.24, 2.45) is 11.8 Å². The molecule has 2 atom stereocenters. The van der Waals surface area contributed by atoms with Gasteiger partial charge in [-0.15, -0.1) is 0 Å². The van der Waals surface area contributed by atoms with Crippen molar-refractivity contribution in [2.75, 3.05) is 0 Å². The van der Waals surface area contributed by atoms with Crippen LogP contribution in [-0.2, 0) is 4.79 Å². The van der Waals surface area contributed by atoms with Crippen LogP contribution in [0.15, 0.2) is 23.8 Å². The van der Waals surface area contributed by atoms with E-state index < -0.39 is 0 Å². The first kappa shape index (κ1) is 12.2. The van der Waals surface area contributed by atoms with Gasteiger partial charge in [-0.05, 0) is 38.7 Å². The molecule has 0 aromatic heterocycles. The fraction of sp³-hybridized carbons (Fsp3) is 0.643. The van der Waals surface area contributed by atoms with Crippen molar-refractivity contribution in [3.63, 3.8) is 0 Å². The molecule has 0 aliphatic heterocycles. The van der Waals surface area contributed by atoms with Gasteiger partial charge in [-0.25, -0.2) is 0 Å². The van der Waals surface area contributed by atoms with Gasteiger partial charge in [0.1, 0.15) is 0 Å². The van der Waals surface area contributed by atoms with Crippen LogP contribution in [0.2, 0.25) is 0 Å². The number of unbranched alkanes of at least 4 members (excludes halogenated alkanes) is 1. The lowest BCUT2D eigenvalue weighted by Gasteiger charge is -2.16. The zero-order chi connectivity index (χ0) is 11.3. The van der Waals surface area contributed by atoms with Crippen molar-refractivity contribution in [2.45, 2.75) is 46.5 Å². The molecule has 0 spiro atoms. The highest BCUT2D eigenvalue weighted by Crippen LogP contribution is 2.30. The van der Waals surface area contributed by atoms with Gasteiger partial charge in [-0.3, -0.25) is 4.79 Å². The molecule has 15 heavy (non-hydrogen) atoms. The van der Waals surface area contributed by atoms with Gasteiger partial charge in [0.05, 0.1) is 0 Å². The molecular formula is C14H22O. The highest BCUT2D eigenvalue weighted by atomic mass is 16.1. The fourth-order valence-corrected chi connectivity index (χ4v) is 2.08. The Morgan fingerprint density at radius 1 is 1.47 bits per heavy atom. The number of ketones is 1. The molecule has 0 unspecified atom stereocenters. The third-order valence-corrected chi connectivity index (χ3v) is 3.06. The minimum Gasteiger partial charge on any atom is -0.295 e. The maximum Gasteiger partial charge on any atom is 0.159 e. The molecule has 0 saturated carbocycles. The third-order valence-electron chi connectivity index (χ3n) is 3.06. The van der Waals surface area contributed by atoms with E-state index in [0.717, 1.165) is 6.42 Å². The van der Waals surface area contributed by atoms with Crippen molar-refractivity contribution in [3.8, 4) is 0 Å². The van der Waals surface area contributed by atoms with Crippen LogP contribution >= 0.6 is 0 Å². The molecule has 1 aliphatic rings. The summed E-state index contributed by atoms with van der Waals surface area (Å²) < 4.78 is 0. The number of carbonyl (C=O) groups is 1. The van der Waals surface area contributed by atoms with Crippen LogP contribution in [0.5, 0.6) is 0 Å². The van der Waals surface area contributed by atoms with Gasteiger partial charge < -0.3 is 0 Å². The topological polar surface area (TPSA) is 17.1 Å². The smallest absolute Gasteiger partial charge is 0.159 e. The number of allylic oxidation sites excluding steroid dienone is 4. The van der Waals surface area contributed by atoms with E-state index in [2.05, 4.69) is 32.9 Å².